The van der Waals surface area contributed by atoms with Crippen LogP contribution in [0.3, 0.4) is 0 Å². The zero-order chi connectivity index (χ0) is 10.9. The molecule has 0 spiro atoms. The summed E-state index contributed by atoms with van der Waals surface area (Å²) in [5.74, 6) is 0. The van der Waals surface area contributed by atoms with Crippen molar-refractivity contribution >= 4 is 0 Å². The van der Waals surface area contributed by atoms with Gasteiger partial charge in [0.1, 0.15) is 0 Å². The average molecular weight is 210 g/mol. The van der Waals surface area contributed by atoms with Gasteiger partial charge in [0.25, 0.3) is 0 Å². The predicted molar refractivity (Wildman–Crippen MR) is 64.4 cm³/mol. The molecule has 4 nitrogen and oxygen atoms in total. The van der Waals surface area contributed by atoms with E-state index in [1.54, 1.807) is 0 Å². The zero-order valence-electron chi connectivity index (χ0n) is 9.69. The molecule has 0 aromatic carbocycles. The Hall–Kier alpha value is -1.16. The van der Waals surface area contributed by atoms with E-state index in [2.05, 4.69) is 34.3 Å². The normalized spacial score (nSPS) is 15.1. The maximum atomic E-state index is 3.41. The van der Waals surface area contributed by atoms with Crippen LogP contribution in [0.2, 0.25) is 0 Å². The third-order valence-electron chi connectivity index (χ3n) is 2.27. The van der Waals surface area contributed by atoms with Crippen molar-refractivity contribution in [1.29, 1.82) is 0 Å². The molecule has 1 aliphatic rings. The van der Waals surface area contributed by atoms with Gasteiger partial charge < -0.3 is 21.3 Å². The van der Waals surface area contributed by atoms with Crippen LogP contribution < -0.4 is 21.3 Å². The van der Waals surface area contributed by atoms with Crippen molar-refractivity contribution in [3.63, 3.8) is 0 Å². The number of likely N-dealkylation sites (N-methyl/N-ethyl adjacent to an activating group) is 1. The summed E-state index contributed by atoms with van der Waals surface area (Å²) in [5.41, 5.74) is 2.31. The number of nitrogens with one attached hydrogen (secondary N) is 4. The molecule has 4 heteroatoms. The van der Waals surface area contributed by atoms with Gasteiger partial charge in [0.2, 0.25) is 0 Å². The molecule has 86 valence electrons. The fourth-order valence-corrected chi connectivity index (χ4v) is 1.47. The maximum absolute atomic E-state index is 3.41. The Balaban J connectivity index is 2.19. The summed E-state index contributed by atoms with van der Waals surface area (Å²) in [6.07, 6.45) is 5.35. The van der Waals surface area contributed by atoms with Gasteiger partial charge in [-0.2, -0.15) is 0 Å². The number of hydrogen-bond acceptors (Lipinski definition) is 4. The van der Waals surface area contributed by atoms with Gasteiger partial charge in [-0.1, -0.05) is 6.92 Å². The van der Waals surface area contributed by atoms with Gasteiger partial charge in [-0.25, -0.2) is 0 Å². The van der Waals surface area contributed by atoms with Gasteiger partial charge in [0, 0.05) is 32.9 Å². The molecule has 15 heavy (non-hydrogen) atoms. The second kappa shape index (κ2) is 7.17. The Kier molecular flexibility index (Phi) is 5.70. The SMILES string of the molecule is CCCNCCNC1=CCNC=C1NC. The van der Waals surface area contributed by atoms with E-state index in [1.165, 1.54) is 12.1 Å². The summed E-state index contributed by atoms with van der Waals surface area (Å²) in [4.78, 5) is 0. The highest BCUT2D eigenvalue weighted by Gasteiger charge is 2.05. The highest BCUT2D eigenvalue weighted by Crippen LogP contribution is 2.03. The highest BCUT2D eigenvalue weighted by molar-refractivity contribution is 5.30. The van der Waals surface area contributed by atoms with Gasteiger partial charge in [-0.05, 0) is 19.0 Å². The van der Waals surface area contributed by atoms with Crippen molar-refractivity contribution in [2.45, 2.75) is 13.3 Å². The largest absolute Gasteiger partial charge is 0.386 e. The van der Waals surface area contributed by atoms with Crippen molar-refractivity contribution < 1.29 is 0 Å². The molecule has 1 heterocycles. The monoisotopic (exact) mass is 210 g/mol. The standard InChI is InChI=1S/C11H22N4/c1-3-5-13-7-8-15-10-4-6-14-9-11(10)12-2/h4,9,12-15H,3,5-8H2,1-2H3. The first-order valence-electron chi connectivity index (χ1n) is 5.65. The van der Waals surface area contributed by atoms with Gasteiger partial charge in [-0.15, -0.1) is 0 Å². The Bertz CT molecular complexity index is 233. The van der Waals surface area contributed by atoms with Gasteiger partial charge >= 0.3 is 0 Å². The number of dihydropyridines is 1. The van der Waals surface area contributed by atoms with Crippen LogP contribution in [0.15, 0.2) is 23.7 Å². The van der Waals surface area contributed by atoms with Crippen LogP contribution in [0.25, 0.3) is 0 Å². The summed E-state index contributed by atoms with van der Waals surface area (Å²) < 4.78 is 0. The highest BCUT2D eigenvalue weighted by atomic mass is 15.0. The second-order valence-electron chi connectivity index (χ2n) is 3.51. The van der Waals surface area contributed by atoms with E-state index in [-0.39, 0.29) is 0 Å². The van der Waals surface area contributed by atoms with Gasteiger partial charge in [0.15, 0.2) is 0 Å². The lowest BCUT2D eigenvalue weighted by Gasteiger charge is -2.18. The van der Waals surface area contributed by atoms with Crippen molar-refractivity contribution in [1.82, 2.24) is 21.3 Å². The maximum Gasteiger partial charge on any atom is 0.0730 e. The summed E-state index contributed by atoms with van der Waals surface area (Å²) in [5, 5.41) is 13.1. The molecule has 0 bridgehead atoms. The first kappa shape index (κ1) is 11.9. The Labute approximate surface area is 92.2 Å². The fourth-order valence-electron chi connectivity index (χ4n) is 1.47. The van der Waals surface area contributed by atoms with Crippen LogP contribution in [-0.4, -0.2) is 33.2 Å². The summed E-state index contributed by atoms with van der Waals surface area (Å²) >= 11 is 0. The molecule has 0 radical (unpaired) electrons. The second-order valence-corrected chi connectivity index (χ2v) is 3.51. The summed E-state index contributed by atoms with van der Waals surface area (Å²) in [6, 6.07) is 0. The molecule has 0 fully saturated rings. The van der Waals surface area contributed by atoms with Crippen molar-refractivity contribution in [2.75, 3.05) is 33.2 Å². The van der Waals surface area contributed by atoms with E-state index in [1.807, 2.05) is 13.2 Å². The van der Waals surface area contributed by atoms with Crippen LogP contribution in [0.4, 0.5) is 0 Å². The topological polar surface area (TPSA) is 48.1 Å². The molecule has 1 rings (SSSR count). The van der Waals surface area contributed by atoms with Crippen LogP contribution >= 0.6 is 0 Å². The van der Waals surface area contributed by atoms with Crippen LogP contribution in [0.1, 0.15) is 13.3 Å². The van der Waals surface area contributed by atoms with Crippen molar-refractivity contribution in [2.24, 2.45) is 0 Å². The molecule has 0 aromatic rings. The van der Waals surface area contributed by atoms with Crippen LogP contribution in [-0.2, 0) is 0 Å². The lowest BCUT2D eigenvalue weighted by molar-refractivity contribution is 0.637. The number of rotatable bonds is 7. The molecule has 0 amide bonds. The van der Waals surface area contributed by atoms with Crippen molar-refractivity contribution in [3.05, 3.63) is 23.7 Å². The van der Waals surface area contributed by atoms with Crippen LogP contribution in [0, 0.1) is 0 Å². The smallest absolute Gasteiger partial charge is 0.0730 e. The lowest BCUT2D eigenvalue weighted by atomic mass is 10.2. The Morgan fingerprint density at radius 1 is 1.27 bits per heavy atom. The zero-order valence-corrected chi connectivity index (χ0v) is 9.69. The molecule has 0 saturated carbocycles. The Morgan fingerprint density at radius 2 is 2.13 bits per heavy atom. The van der Waals surface area contributed by atoms with E-state index in [9.17, 15) is 0 Å². The third kappa shape index (κ3) is 4.25. The first-order chi connectivity index (χ1) is 7.38. The summed E-state index contributed by atoms with van der Waals surface area (Å²) in [7, 11) is 1.93. The molecular weight excluding hydrogens is 188 g/mol. The van der Waals surface area contributed by atoms with Crippen LogP contribution in [0.5, 0.6) is 0 Å². The summed E-state index contributed by atoms with van der Waals surface area (Å²) in [6.45, 7) is 6.14. The van der Waals surface area contributed by atoms with Gasteiger partial charge in [0.05, 0.1) is 11.4 Å². The Morgan fingerprint density at radius 3 is 2.87 bits per heavy atom. The quantitative estimate of drug-likeness (QED) is 0.451. The minimum absolute atomic E-state index is 0.899. The molecule has 0 aliphatic carbocycles. The van der Waals surface area contributed by atoms with Crippen molar-refractivity contribution in [3.8, 4) is 0 Å². The minimum Gasteiger partial charge on any atom is -0.386 e. The van der Waals surface area contributed by atoms with E-state index in [0.717, 1.165) is 31.9 Å². The lowest BCUT2D eigenvalue weighted by Crippen LogP contribution is -2.32. The molecule has 0 atom stereocenters. The average Bonchev–Trinajstić information content (AvgIpc) is 2.29. The van der Waals surface area contributed by atoms with E-state index in [0.29, 0.717) is 0 Å². The fraction of sp³-hybridized carbons (Fsp3) is 0.636. The molecule has 0 aromatic heterocycles. The predicted octanol–water partition coefficient (Wildman–Crippen LogP) is 0.124. The van der Waals surface area contributed by atoms with E-state index >= 15 is 0 Å². The van der Waals surface area contributed by atoms with E-state index in [4.69, 9.17) is 0 Å². The minimum atomic E-state index is 0.899. The first-order valence-corrected chi connectivity index (χ1v) is 5.65. The van der Waals surface area contributed by atoms with E-state index < -0.39 is 0 Å². The third-order valence-corrected chi connectivity index (χ3v) is 2.27. The molecule has 0 unspecified atom stereocenters. The molecule has 4 N–H and O–H groups in total. The molecular formula is C11H22N4. The van der Waals surface area contributed by atoms with Gasteiger partial charge in [-0.3, -0.25) is 0 Å². The number of hydrogen-bond donors (Lipinski definition) is 4. The molecule has 0 saturated heterocycles. The molecule has 1 aliphatic heterocycles.